The second-order valence-corrected chi connectivity index (χ2v) is 4.51. The van der Waals surface area contributed by atoms with E-state index in [9.17, 15) is 9.70 Å². The van der Waals surface area contributed by atoms with Gasteiger partial charge in [0.1, 0.15) is 5.69 Å². The molecule has 0 unspecified atom stereocenters. The largest absolute Gasteiger partial charge is 0.493 e. The van der Waals surface area contributed by atoms with E-state index >= 15 is 0 Å². The van der Waals surface area contributed by atoms with Crippen molar-refractivity contribution in [2.24, 2.45) is 5.18 Å². The molecule has 5 nitrogen and oxygen atoms in total. The van der Waals surface area contributed by atoms with E-state index in [0.717, 1.165) is 0 Å². The van der Waals surface area contributed by atoms with Gasteiger partial charge in [-0.05, 0) is 34.5 Å². The summed E-state index contributed by atoms with van der Waals surface area (Å²) >= 11 is 5.47. The maximum absolute atomic E-state index is 11.2. The Morgan fingerprint density at radius 3 is 2.33 bits per heavy atom. The van der Waals surface area contributed by atoms with Crippen LogP contribution >= 0.6 is 11.6 Å². The fourth-order valence-electron chi connectivity index (χ4n) is 1.98. The Hall–Kier alpha value is -2.40. The highest BCUT2D eigenvalue weighted by molar-refractivity contribution is 6.67. The molecule has 6 heteroatoms. The number of halogens is 1. The second-order valence-electron chi connectivity index (χ2n) is 4.17. The Kier molecular flexibility index (Phi) is 4.55. The molecule has 0 saturated carbocycles. The molecule has 21 heavy (non-hydrogen) atoms. The zero-order valence-corrected chi connectivity index (χ0v) is 12.2. The predicted molar refractivity (Wildman–Crippen MR) is 80.6 cm³/mol. The van der Waals surface area contributed by atoms with Crippen molar-refractivity contribution < 1.29 is 14.3 Å². The number of benzene rings is 2. The Morgan fingerprint density at radius 1 is 1.10 bits per heavy atom. The molecule has 108 valence electrons. The van der Waals surface area contributed by atoms with Gasteiger partial charge in [-0.3, -0.25) is 4.79 Å². The van der Waals surface area contributed by atoms with Crippen LogP contribution in [0.1, 0.15) is 10.4 Å². The molecule has 0 aliphatic carbocycles. The Morgan fingerprint density at radius 2 is 1.76 bits per heavy atom. The maximum atomic E-state index is 11.2. The third kappa shape index (κ3) is 3.03. The molecule has 0 radical (unpaired) electrons. The lowest BCUT2D eigenvalue weighted by atomic mass is 10.0. The molecule has 0 spiro atoms. The maximum Gasteiger partial charge on any atom is 0.252 e. The fraction of sp³-hybridized carbons (Fsp3) is 0.133. The first kappa shape index (κ1) is 15.0. The molecule has 0 aliphatic rings. The van der Waals surface area contributed by atoms with Crippen LogP contribution in [-0.2, 0) is 0 Å². The monoisotopic (exact) mass is 305 g/mol. The molecule has 2 aromatic rings. The van der Waals surface area contributed by atoms with Crippen LogP contribution < -0.4 is 9.47 Å². The molecular formula is C15H12ClNO4. The van der Waals surface area contributed by atoms with Gasteiger partial charge >= 0.3 is 0 Å². The van der Waals surface area contributed by atoms with Crippen LogP contribution in [0.3, 0.4) is 0 Å². The molecular weight excluding hydrogens is 294 g/mol. The average Bonchev–Trinajstić information content (AvgIpc) is 2.53. The normalized spacial score (nSPS) is 10.0. The van der Waals surface area contributed by atoms with Gasteiger partial charge in [-0.2, -0.15) is 0 Å². The summed E-state index contributed by atoms with van der Waals surface area (Å²) in [5.74, 6) is 0.864. The summed E-state index contributed by atoms with van der Waals surface area (Å²) in [6.07, 6.45) is 0. The number of carbonyl (C=O) groups is 1. The van der Waals surface area contributed by atoms with Gasteiger partial charge in [0.05, 0.1) is 14.2 Å². The van der Waals surface area contributed by atoms with E-state index in [1.54, 1.807) is 30.3 Å². The number of ether oxygens (including phenoxy) is 2. The van der Waals surface area contributed by atoms with Gasteiger partial charge in [-0.1, -0.05) is 18.2 Å². The van der Waals surface area contributed by atoms with Gasteiger partial charge in [0.15, 0.2) is 11.5 Å². The lowest BCUT2D eigenvalue weighted by molar-refractivity contribution is 0.108. The molecule has 0 aromatic heterocycles. The number of hydrogen-bond donors (Lipinski definition) is 0. The zero-order valence-electron chi connectivity index (χ0n) is 11.4. The summed E-state index contributed by atoms with van der Waals surface area (Å²) in [5, 5.41) is 2.43. The lowest BCUT2D eigenvalue weighted by Crippen LogP contribution is -1.93. The molecule has 0 aliphatic heterocycles. The van der Waals surface area contributed by atoms with E-state index in [4.69, 9.17) is 21.1 Å². The van der Waals surface area contributed by atoms with E-state index in [1.165, 1.54) is 20.3 Å². The van der Waals surface area contributed by atoms with Crippen molar-refractivity contribution in [2.75, 3.05) is 14.2 Å². The summed E-state index contributed by atoms with van der Waals surface area (Å²) in [5.41, 5.74) is 1.69. The van der Waals surface area contributed by atoms with Crippen molar-refractivity contribution in [3.8, 4) is 22.6 Å². The van der Waals surface area contributed by atoms with E-state index in [1.807, 2.05) is 0 Å². The number of carbonyl (C=O) groups excluding carboxylic acids is 1. The molecule has 0 fully saturated rings. The highest BCUT2D eigenvalue weighted by Crippen LogP contribution is 2.40. The summed E-state index contributed by atoms with van der Waals surface area (Å²) in [6.45, 7) is 0. The van der Waals surface area contributed by atoms with Crippen molar-refractivity contribution in [1.82, 2.24) is 0 Å². The standard InChI is InChI=1S/C15H12ClNO4/c1-20-13-7-11(12(17-19)8-14(13)21-2)9-4-3-5-10(6-9)15(16)18/h3-8H,1-2H3. The Bertz CT molecular complexity index is 700. The smallest absolute Gasteiger partial charge is 0.252 e. The first-order valence-electron chi connectivity index (χ1n) is 6.00. The van der Waals surface area contributed by atoms with E-state index in [-0.39, 0.29) is 5.69 Å². The molecule has 0 N–H and O–H groups in total. The number of hydrogen-bond acceptors (Lipinski definition) is 5. The van der Waals surface area contributed by atoms with Crippen LogP contribution in [0.15, 0.2) is 41.6 Å². The Labute approximate surface area is 126 Å². The molecule has 0 heterocycles. The predicted octanol–water partition coefficient (Wildman–Crippen LogP) is 4.15. The van der Waals surface area contributed by atoms with Crippen LogP contribution in [-0.4, -0.2) is 19.5 Å². The lowest BCUT2D eigenvalue weighted by Gasteiger charge is -2.12. The van der Waals surface area contributed by atoms with Crippen LogP contribution in [0.2, 0.25) is 0 Å². The highest BCUT2D eigenvalue weighted by Gasteiger charge is 2.14. The van der Waals surface area contributed by atoms with Crippen LogP contribution in [0.25, 0.3) is 11.1 Å². The van der Waals surface area contributed by atoms with Crippen molar-refractivity contribution in [1.29, 1.82) is 0 Å². The Balaban J connectivity index is 2.64. The molecule has 0 bridgehead atoms. The minimum Gasteiger partial charge on any atom is -0.493 e. The van der Waals surface area contributed by atoms with Crippen molar-refractivity contribution >= 4 is 22.5 Å². The van der Waals surface area contributed by atoms with Gasteiger partial charge in [0.2, 0.25) is 0 Å². The van der Waals surface area contributed by atoms with Gasteiger partial charge in [-0.25, -0.2) is 0 Å². The summed E-state index contributed by atoms with van der Waals surface area (Å²) in [7, 11) is 2.97. The third-order valence-electron chi connectivity index (χ3n) is 3.00. The molecule has 2 rings (SSSR count). The minimum atomic E-state index is -0.571. The number of nitroso groups, excluding NO2 is 1. The molecule has 0 saturated heterocycles. The van der Waals surface area contributed by atoms with Crippen molar-refractivity contribution in [2.45, 2.75) is 0 Å². The SMILES string of the molecule is COc1cc(N=O)c(-c2cccc(C(=O)Cl)c2)cc1OC. The van der Waals surface area contributed by atoms with Gasteiger partial charge in [0, 0.05) is 17.2 Å². The van der Waals surface area contributed by atoms with E-state index < -0.39 is 5.24 Å². The van der Waals surface area contributed by atoms with Crippen LogP contribution in [0.4, 0.5) is 5.69 Å². The summed E-state index contributed by atoms with van der Waals surface area (Å²) in [6, 6.07) is 9.72. The summed E-state index contributed by atoms with van der Waals surface area (Å²) < 4.78 is 10.3. The summed E-state index contributed by atoms with van der Waals surface area (Å²) in [4.78, 5) is 22.3. The highest BCUT2D eigenvalue weighted by atomic mass is 35.5. The quantitative estimate of drug-likeness (QED) is 0.615. The first-order chi connectivity index (χ1) is 10.1. The first-order valence-corrected chi connectivity index (χ1v) is 6.38. The van der Waals surface area contributed by atoms with Crippen LogP contribution in [0, 0.1) is 4.91 Å². The zero-order chi connectivity index (χ0) is 15.4. The van der Waals surface area contributed by atoms with Crippen molar-refractivity contribution in [3.05, 3.63) is 46.9 Å². The topological polar surface area (TPSA) is 65.0 Å². The number of nitrogens with zero attached hydrogens (tertiary/aromatic N) is 1. The minimum absolute atomic E-state index is 0.187. The molecule has 0 atom stereocenters. The van der Waals surface area contributed by atoms with Crippen molar-refractivity contribution in [3.63, 3.8) is 0 Å². The average molecular weight is 306 g/mol. The van der Waals surface area contributed by atoms with E-state index in [0.29, 0.717) is 28.2 Å². The molecule has 2 aromatic carbocycles. The van der Waals surface area contributed by atoms with Gasteiger partial charge < -0.3 is 9.47 Å². The van der Waals surface area contributed by atoms with Gasteiger partial charge in [0.25, 0.3) is 5.24 Å². The number of methoxy groups -OCH3 is 2. The number of rotatable bonds is 5. The fourth-order valence-corrected chi connectivity index (χ4v) is 2.10. The third-order valence-corrected chi connectivity index (χ3v) is 3.22. The molecule has 0 amide bonds. The van der Waals surface area contributed by atoms with E-state index in [2.05, 4.69) is 5.18 Å². The second kappa shape index (κ2) is 6.37. The van der Waals surface area contributed by atoms with Crippen LogP contribution in [0.5, 0.6) is 11.5 Å². The van der Waals surface area contributed by atoms with Gasteiger partial charge in [-0.15, -0.1) is 4.91 Å².